The minimum Gasteiger partial charge on any atom is -0.446 e. The van der Waals surface area contributed by atoms with Gasteiger partial charge in [-0.1, -0.05) is 11.6 Å². The molecule has 2 aromatic heterocycles. The zero-order valence-electron chi connectivity index (χ0n) is 9.12. The van der Waals surface area contributed by atoms with Crippen molar-refractivity contribution in [2.75, 3.05) is 5.32 Å². The number of nitrogens with zero attached hydrogens (tertiary/aromatic N) is 2. The molecule has 0 aliphatic rings. The molecule has 1 N–H and O–H groups in total. The second-order valence-corrected chi connectivity index (χ2v) is 3.92. The van der Waals surface area contributed by atoms with Crippen LogP contribution in [0.2, 0.25) is 5.02 Å². The monoisotopic (exact) mass is 237 g/mol. The fourth-order valence-electron chi connectivity index (χ4n) is 1.35. The van der Waals surface area contributed by atoms with E-state index in [2.05, 4.69) is 15.3 Å². The van der Waals surface area contributed by atoms with Crippen LogP contribution in [-0.2, 0) is 6.54 Å². The number of rotatable bonds is 3. The summed E-state index contributed by atoms with van der Waals surface area (Å²) in [5, 5.41) is 3.87. The van der Waals surface area contributed by atoms with Crippen LogP contribution in [0.1, 0.15) is 17.0 Å². The lowest BCUT2D eigenvalue weighted by Crippen LogP contribution is -2.02. The number of anilines is 1. The summed E-state index contributed by atoms with van der Waals surface area (Å²) in [5.74, 6) is 0.819. The number of hydrogen-bond acceptors (Lipinski definition) is 4. The number of halogens is 1. The van der Waals surface area contributed by atoms with Crippen molar-refractivity contribution in [3.63, 3.8) is 0 Å². The van der Waals surface area contributed by atoms with Crippen molar-refractivity contribution in [1.29, 1.82) is 0 Å². The summed E-state index contributed by atoms with van der Waals surface area (Å²) in [4.78, 5) is 8.05. The fraction of sp³-hybridized carbons (Fsp3) is 0.273. The van der Waals surface area contributed by atoms with E-state index in [1.165, 1.54) is 6.39 Å². The summed E-state index contributed by atoms with van der Waals surface area (Å²) in [6.07, 6.45) is 4.81. The molecule has 4 nitrogen and oxygen atoms in total. The molecular formula is C11H12ClN3O. The average molecular weight is 238 g/mol. The van der Waals surface area contributed by atoms with Crippen LogP contribution in [0, 0.1) is 13.8 Å². The van der Waals surface area contributed by atoms with Gasteiger partial charge in [0.05, 0.1) is 29.1 Å². The molecule has 0 atom stereocenters. The van der Waals surface area contributed by atoms with Gasteiger partial charge in [0.2, 0.25) is 0 Å². The normalized spacial score (nSPS) is 10.4. The summed E-state index contributed by atoms with van der Waals surface area (Å²) in [6.45, 7) is 4.43. The summed E-state index contributed by atoms with van der Waals surface area (Å²) >= 11 is 5.97. The van der Waals surface area contributed by atoms with E-state index in [1.807, 2.05) is 13.8 Å². The van der Waals surface area contributed by atoms with Gasteiger partial charge in [-0.2, -0.15) is 0 Å². The van der Waals surface area contributed by atoms with Gasteiger partial charge in [0.15, 0.2) is 6.39 Å². The first-order valence-electron chi connectivity index (χ1n) is 4.91. The highest BCUT2D eigenvalue weighted by Crippen LogP contribution is 2.22. The quantitative estimate of drug-likeness (QED) is 0.892. The molecule has 0 saturated heterocycles. The summed E-state index contributed by atoms with van der Waals surface area (Å²) in [5.41, 5.74) is 2.78. The van der Waals surface area contributed by atoms with Crippen LogP contribution < -0.4 is 5.32 Å². The van der Waals surface area contributed by atoms with Crippen LogP contribution in [0.3, 0.4) is 0 Å². The highest BCUT2D eigenvalue weighted by molar-refractivity contribution is 6.31. The Morgan fingerprint density at radius 2 is 2.19 bits per heavy atom. The molecule has 5 heteroatoms. The second kappa shape index (κ2) is 4.53. The number of nitrogens with one attached hydrogen (secondary N) is 1. The third-order valence-corrected chi connectivity index (χ3v) is 2.82. The Morgan fingerprint density at radius 3 is 2.88 bits per heavy atom. The standard InChI is InChI=1S/C11H12ClN3O/c1-7-9(12)3-13-4-10(7)14-5-11-8(2)15-6-16-11/h3-4,6,14H,5H2,1-2H3. The molecule has 0 aromatic carbocycles. The van der Waals surface area contributed by atoms with Gasteiger partial charge in [0, 0.05) is 6.20 Å². The lowest BCUT2D eigenvalue weighted by atomic mass is 10.2. The molecule has 84 valence electrons. The average Bonchev–Trinajstić information content (AvgIpc) is 2.67. The first-order chi connectivity index (χ1) is 7.68. The zero-order valence-corrected chi connectivity index (χ0v) is 9.88. The first kappa shape index (κ1) is 11.0. The van der Waals surface area contributed by atoms with E-state index < -0.39 is 0 Å². The van der Waals surface area contributed by atoms with E-state index in [4.69, 9.17) is 16.0 Å². The predicted octanol–water partition coefficient (Wildman–Crippen LogP) is 2.95. The largest absolute Gasteiger partial charge is 0.446 e. The highest BCUT2D eigenvalue weighted by Gasteiger charge is 2.06. The molecule has 0 amide bonds. The van der Waals surface area contributed by atoms with Crippen molar-refractivity contribution in [1.82, 2.24) is 9.97 Å². The predicted molar refractivity (Wildman–Crippen MR) is 62.6 cm³/mol. The molecule has 2 heterocycles. The Morgan fingerprint density at radius 1 is 1.38 bits per heavy atom. The Balaban J connectivity index is 2.11. The van der Waals surface area contributed by atoms with Crippen molar-refractivity contribution in [2.24, 2.45) is 0 Å². The molecule has 0 bridgehead atoms. The van der Waals surface area contributed by atoms with Crippen LogP contribution in [0.5, 0.6) is 0 Å². The topological polar surface area (TPSA) is 51.0 Å². The number of hydrogen-bond donors (Lipinski definition) is 1. The maximum atomic E-state index is 5.97. The number of oxazole rings is 1. The van der Waals surface area contributed by atoms with E-state index in [0.717, 1.165) is 22.7 Å². The SMILES string of the molecule is Cc1ncoc1CNc1cncc(Cl)c1C. The van der Waals surface area contributed by atoms with E-state index in [0.29, 0.717) is 11.6 Å². The molecule has 0 unspecified atom stereocenters. The fourth-order valence-corrected chi connectivity index (χ4v) is 1.51. The van der Waals surface area contributed by atoms with E-state index in [1.54, 1.807) is 12.4 Å². The smallest absolute Gasteiger partial charge is 0.181 e. The van der Waals surface area contributed by atoms with Gasteiger partial charge in [-0.15, -0.1) is 0 Å². The van der Waals surface area contributed by atoms with Gasteiger partial charge < -0.3 is 9.73 Å². The van der Waals surface area contributed by atoms with Gasteiger partial charge in [0.25, 0.3) is 0 Å². The third-order valence-electron chi connectivity index (χ3n) is 2.44. The summed E-state index contributed by atoms with van der Waals surface area (Å²) < 4.78 is 5.23. The van der Waals surface area contributed by atoms with E-state index in [-0.39, 0.29) is 0 Å². The number of aryl methyl sites for hydroxylation is 1. The van der Waals surface area contributed by atoms with Crippen LogP contribution >= 0.6 is 11.6 Å². The minimum atomic E-state index is 0.578. The van der Waals surface area contributed by atoms with Crippen LogP contribution in [0.4, 0.5) is 5.69 Å². The van der Waals surface area contributed by atoms with Gasteiger partial charge in [-0.05, 0) is 19.4 Å². The Kier molecular flexibility index (Phi) is 3.10. The maximum absolute atomic E-state index is 5.97. The van der Waals surface area contributed by atoms with Gasteiger partial charge in [-0.3, -0.25) is 4.98 Å². The molecule has 0 aliphatic heterocycles. The summed E-state index contributed by atoms with van der Waals surface area (Å²) in [7, 11) is 0. The molecule has 0 spiro atoms. The molecule has 16 heavy (non-hydrogen) atoms. The molecular weight excluding hydrogens is 226 g/mol. The van der Waals surface area contributed by atoms with Gasteiger partial charge in [0.1, 0.15) is 5.76 Å². The minimum absolute atomic E-state index is 0.578. The number of pyridine rings is 1. The molecule has 2 aromatic rings. The molecule has 0 fully saturated rings. The Bertz CT molecular complexity index is 496. The van der Waals surface area contributed by atoms with Crippen molar-refractivity contribution in [3.8, 4) is 0 Å². The van der Waals surface area contributed by atoms with Crippen LogP contribution in [-0.4, -0.2) is 9.97 Å². The van der Waals surface area contributed by atoms with Crippen LogP contribution in [0.15, 0.2) is 23.2 Å². The zero-order chi connectivity index (χ0) is 11.5. The molecule has 0 radical (unpaired) electrons. The Hall–Kier alpha value is -1.55. The van der Waals surface area contributed by atoms with Gasteiger partial charge in [-0.25, -0.2) is 4.98 Å². The lowest BCUT2D eigenvalue weighted by molar-refractivity contribution is 0.510. The van der Waals surface area contributed by atoms with E-state index >= 15 is 0 Å². The molecule has 2 rings (SSSR count). The van der Waals surface area contributed by atoms with Crippen molar-refractivity contribution in [2.45, 2.75) is 20.4 Å². The van der Waals surface area contributed by atoms with Crippen molar-refractivity contribution < 1.29 is 4.42 Å². The molecule has 0 saturated carbocycles. The summed E-state index contributed by atoms with van der Waals surface area (Å²) in [6, 6.07) is 0. The van der Waals surface area contributed by atoms with Crippen LogP contribution in [0.25, 0.3) is 0 Å². The first-order valence-corrected chi connectivity index (χ1v) is 5.29. The number of aromatic nitrogens is 2. The second-order valence-electron chi connectivity index (χ2n) is 3.51. The Labute approximate surface area is 98.7 Å². The lowest BCUT2D eigenvalue weighted by Gasteiger charge is -2.08. The van der Waals surface area contributed by atoms with Crippen molar-refractivity contribution >= 4 is 17.3 Å². The highest BCUT2D eigenvalue weighted by atomic mass is 35.5. The maximum Gasteiger partial charge on any atom is 0.181 e. The van der Waals surface area contributed by atoms with Crippen molar-refractivity contribution in [3.05, 3.63) is 40.8 Å². The third kappa shape index (κ3) is 2.17. The van der Waals surface area contributed by atoms with Gasteiger partial charge >= 0.3 is 0 Å². The molecule has 0 aliphatic carbocycles. The van der Waals surface area contributed by atoms with E-state index in [9.17, 15) is 0 Å².